The number of aromatic nitrogens is 2. The Bertz CT molecular complexity index is 981. The normalized spacial score (nSPS) is 10.4. The van der Waals surface area contributed by atoms with Crippen molar-refractivity contribution in [2.45, 2.75) is 6.92 Å². The Balaban J connectivity index is 2.03. The lowest BCUT2D eigenvalue weighted by Crippen LogP contribution is -2.06. The Morgan fingerprint density at radius 2 is 1.50 bits per heavy atom. The lowest BCUT2D eigenvalue weighted by atomic mass is 10.2. The molecule has 132 valence electrons. The van der Waals surface area contributed by atoms with Crippen LogP contribution in [0.2, 0.25) is 10.0 Å². The maximum Gasteiger partial charge on any atom is 0.353 e. The standard InChI is InChI=1S/C17H13Cl2N5O2/c1-10-11(18)6-4-8-13(10)22-16-15(24(25)26)17(21-9-20-16)23-14-7-3-2-5-12(14)19/h2-9H,1H3,(H2,20,21,22,23). The van der Waals surface area contributed by atoms with E-state index in [0.717, 1.165) is 5.56 Å². The van der Waals surface area contributed by atoms with Crippen LogP contribution >= 0.6 is 23.2 Å². The second-order valence-corrected chi connectivity index (χ2v) is 6.13. The maximum absolute atomic E-state index is 11.6. The number of nitrogens with one attached hydrogen (secondary N) is 2. The average molecular weight is 390 g/mol. The molecule has 0 saturated carbocycles. The zero-order valence-electron chi connectivity index (χ0n) is 13.5. The summed E-state index contributed by atoms with van der Waals surface area (Å²) < 4.78 is 0. The number of benzene rings is 2. The molecule has 0 aliphatic rings. The van der Waals surface area contributed by atoms with Gasteiger partial charge >= 0.3 is 5.69 Å². The summed E-state index contributed by atoms with van der Waals surface area (Å²) in [6.07, 6.45) is 1.23. The van der Waals surface area contributed by atoms with Crippen molar-refractivity contribution < 1.29 is 4.92 Å². The van der Waals surface area contributed by atoms with E-state index in [0.29, 0.717) is 21.4 Å². The van der Waals surface area contributed by atoms with Crippen LogP contribution in [0.5, 0.6) is 0 Å². The quantitative estimate of drug-likeness (QED) is 0.442. The number of anilines is 4. The first-order valence-corrected chi connectivity index (χ1v) is 8.26. The Labute approximate surface area is 159 Å². The van der Waals surface area contributed by atoms with Crippen molar-refractivity contribution in [1.29, 1.82) is 0 Å². The minimum Gasteiger partial charge on any atom is -0.334 e. The van der Waals surface area contributed by atoms with E-state index < -0.39 is 4.92 Å². The molecule has 26 heavy (non-hydrogen) atoms. The van der Waals surface area contributed by atoms with Crippen LogP contribution in [0.15, 0.2) is 48.8 Å². The van der Waals surface area contributed by atoms with Gasteiger partial charge in [0.25, 0.3) is 0 Å². The first-order valence-electron chi connectivity index (χ1n) is 7.50. The molecule has 3 rings (SSSR count). The maximum atomic E-state index is 11.6. The van der Waals surface area contributed by atoms with Gasteiger partial charge in [-0.3, -0.25) is 10.1 Å². The number of halogens is 2. The Morgan fingerprint density at radius 3 is 2.15 bits per heavy atom. The smallest absolute Gasteiger partial charge is 0.334 e. The molecule has 0 spiro atoms. The third-order valence-electron chi connectivity index (χ3n) is 3.65. The number of rotatable bonds is 5. The monoisotopic (exact) mass is 389 g/mol. The molecule has 3 aromatic rings. The van der Waals surface area contributed by atoms with Crippen LogP contribution in [0.4, 0.5) is 28.7 Å². The number of nitro groups is 1. The van der Waals surface area contributed by atoms with Gasteiger partial charge in [-0.05, 0) is 36.8 Å². The summed E-state index contributed by atoms with van der Waals surface area (Å²) in [5.41, 5.74) is 1.57. The van der Waals surface area contributed by atoms with Crippen molar-refractivity contribution in [2.75, 3.05) is 10.6 Å². The van der Waals surface area contributed by atoms with Crippen LogP contribution < -0.4 is 10.6 Å². The van der Waals surface area contributed by atoms with Crippen LogP contribution in [0.1, 0.15) is 5.56 Å². The topological polar surface area (TPSA) is 93.0 Å². The predicted octanol–water partition coefficient (Wildman–Crippen LogP) is 5.49. The molecular formula is C17H13Cl2N5O2. The molecule has 0 saturated heterocycles. The lowest BCUT2D eigenvalue weighted by Gasteiger charge is -2.12. The van der Waals surface area contributed by atoms with Crippen molar-refractivity contribution in [3.8, 4) is 0 Å². The van der Waals surface area contributed by atoms with Gasteiger partial charge in [0, 0.05) is 10.7 Å². The molecule has 0 radical (unpaired) electrons. The van der Waals surface area contributed by atoms with Gasteiger partial charge in [0.05, 0.1) is 15.6 Å². The van der Waals surface area contributed by atoms with Gasteiger partial charge in [0.2, 0.25) is 11.6 Å². The van der Waals surface area contributed by atoms with Gasteiger partial charge in [-0.25, -0.2) is 9.97 Å². The average Bonchev–Trinajstić information content (AvgIpc) is 2.61. The Hall–Kier alpha value is -2.90. The number of nitrogens with zero attached hydrogens (tertiary/aromatic N) is 3. The summed E-state index contributed by atoms with van der Waals surface area (Å²) in [7, 11) is 0. The van der Waals surface area contributed by atoms with E-state index in [1.165, 1.54) is 6.33 Å². The van der Waals surface area contributed by atoms with Crippen molar-refractivity contribution in [3.05, 3.63) is 74.5 Å². The molecule has 0 atom stereocenters. The fourth-order valence-electron chi connectivity index (χ4n) is 2.30. The first kappa shape index (κ1) is 17.9. The summed E-state index contributed by atoms with van der Waals surface area (Å²) in [6.45, 7) is 1.81. The van der Waals surface area contributed by atoms with Crippen molar-refractivity contribution in [1.82, 2.24) is 9.97 Å². The third kappa shape index (κ3) is 3.68. The number of hydrogen-bond acceptors (Lipinski definition) is 6. The molecule has 1 heterocycles. The van der Waals surface area contributed by atoms with Crippen molar-refractivity contribution >= 4 is 51.9 Å². The van der Waals surface area contributed by atoms with E-state index in [1.807, 2.05) is 0 Å². The van der Waals surface area contributed by atoms with E-state index in [9.17, 15) is 10.1 Å². The molecule has 0 unspecified atom stereocenters. The summed E-state index contributed by atoms with van der Waals surface area (Å²) in [5.74, 6) is 0.0743. The minimum atomic E-state index is -0.554. The fraction of sp³-hybridized carbons (Fsp3) is 0.0588. The van der Waals surface area contributed by atoms with Crippen LogP contribution in [-0.2, 0) is 0 Å². The lowest BCUT2D eigenvalue weighted by molar-refractivity contribution is -0.383. The molecule has 0 aliphatic heterocycles. The molecule has 0 aliphatic carbocycles. The first-order chi connectivity index (χ1) is 12.5. The second kappa shape index (κ2) is 7.55. The fourth-order valence-corrected chi connectivity index (χ4v) is 2.65. The van der Waals surface area contributed by atoms with Gasteiger partial charge in [0.15, 0.2) is 0 Å². The zero-order chi connectivity index (χ0) is 18.7. The molecule has 9 heteroatoms. The second-order valence-electron chi connectivity index (χ2n) is 5.32. The van der Waals surface area contributed by atoms with Gasteiger partial charge in [-0.15, -0.1) is 0 Å². The largest absolute Gasteiger partial charge is 0.353 e. The number of para-hydroxylation sites is 1. The molecule has 0 bridgehead atoms. The summed E-state index contributed by atoms with van der Waals surface area (Å²) in [4.78, 5) is 19.1. The van der Waals surface area contributed by atoms with Crippen LogP contribution in [0.3, 0.4) is 0 Å². The van der Waals surface area contributed by atoms with E-state index in [-0.39, 0.29) is 17.3 Å². The van der Waals surface area contributed by atoms with E-state index in [4.69, 9.17) is 23.2 Å². The Morgan fingerprint density at radius 1 is 0.923 bits per heavy atom. The van der Waals surface area contributed by atoms with Crippen molar-refractivity contribution in [2.24, 2.45) is 0 Å². The molecular weight excluding hydrogens is 377 g/mol. The highest BCUT2D eigenvalue weighted by Crippen LogP contribution is 2.35. The molecule has 2 aromatic carbocycles. The van der Waals surface area contributed by atoms with Gasteiger partial charge in [0.1, 0.15) is 6.33 Å². The summed E-state index contributed by atoms with van der Waals surface area (Å²) in [5, 5.41) is 18.4. The molecule has 0 amide bonds. The SMILES string of the molecule is Cc1c(Cl)cccc1Nc1ncnc(Nc2ccccc2Cl)c1[N+](=O)[O-]. The highest BCUT2D eigenvalue weighted by Gasteiger charge is 2.24. The van der Waals surface area contributed by atoms with E-state index >= 15 is 0 Å². The van der Waals surface area contributed by atoms with Gasteiger partial charge < -0.3 is 10.6 Å². The van der Waals surface area contributed by atoms with Gasteiger partial charge in [-0.2, -0.15) is 0 Å². The zero-order valence-corrected chi connectivity index (χ0v) is 15.0. The van der Waals surface area contributed by atoms with Crippen molar-refractivity contribution in [3.63, 3.8) is 0 Å². The molecule has 0 fully saturated rings. The van der Waals surface area contributed by atoms with Crippen LogP contribution in [0, 0.1) is 17.0 Å². The van der Waals surface area contributed by atoms with Crippen LogP contribution in [0.25, 0.3) is 0 Å². The Kier molecular flexibility index (Phi) is 5.20. The summed E-state index contributed by atoms with van der Waals surface area (Å²) in [6, 6.07) is 12.1. The molecule has 7 nitrogen and oxygen atoms in total. The molecule has 1 aromatic heterocycles. The summed E-state index contributed by atoms with van der Waals surface area (Å²) >= 11 is 12.2. The molecule has 2 N–H and O–H groups in total. The highest BCUT2D eigenvalue weighted by atomic mass is 35.5. The third-order valence-corrected chi connectivity index (χ3v) is 4.39. The highest BCUT2D eigenvalue weighted by molar-refractivity contribution is 6.33. The number of hydrogen-bond donors (Lipinski definition) is 2. The predicted molar refractivity (Wildman–Crippen MR) is 103 cm³/mol. The van der Waals surface area contributed by atoms with E-state index in [1.54, 1.807) is 49.4 Å². The van der Waals surface area contributed by atoms with E-state index in [2.05, 4.69) is 20.6 Å². The minimum absolute atomic E-state index is 0.0280. The van der Waals surface area contributed by atoms with Gasteiger partial charge in [-0.1, -0.05) is 41.4 Å². The van der Waals surface area contributed by atoms with Crippen LogP contribution in [-0.4, -0.2) is 14.9 Å².